The largest absolute Gasteiger partial charge is 1.00 e. The first-order valence-electron chi connectivity index (χ1n) is 8.98. The topological polar surface area (TPSA) is 44.9 Å². The van der Waals surface area contributed by atoms with Crippen LogP contribution in [0.5, 0.6) is 11.5 Å². The molecule has 1 N–H and O–H groups in total. The van der Waals surface area contributed by atoms with Gasteiger partial charge < -0.3 is 31.6 Å². The van der Waals surface area contributed by atoms with Gasteiger partial charge in [-0.25, -0.2) is 9.48 Å². The second-order valence-electron chi connectivity index (χ2n) is 6.61. The van der Waals surface area contributed by atoms with E-state index >= 15 is 0 Å². The zero-order chi connectivity index (χ0) is 19.7. The maximum atomic E-state index is 12.4. The van der Waals surface area contributed by atoms with Gasteiger partial charge in [-0.2, -0.15) is 8.78 Å². The van der Waals surface area contributed by atoms with Crippen LogP contribution in [-0.4, -0.2) is 47.4 Å². The first kappa shape index (κ1) is 21.9. The Bertz CT molecular complexity index is 898. The standard InChI is InChI=1S/C20H21F2N2O3S.BrH/c1-26-17-6-3-2-5-16(17)23-13-20(25,24-11-4-12-28-19(23)24)14-7-9-15(10-8-14)27-18(21)22;/h2-3,5-10,18,25H,4,11-13H2,1H3;1H/q+1;/p-1. The third-order valence-corrected chi connectivity index (χ3v) is 6.15. The number of amidine groups is 1. The fraction of sp³-hybridized carbons (Fsp3) is 0.350. The molecule has 156 valence electrons. The predicted octanol–water partition coefficient (Wildman–Crippen LogP) is 0.471. The minimum atomic E-state index is -2.88. The van der Waals surface area contributed by atoms with Gasteiger partial charge in [0.15, 0.2) is 18.0 Å². The van der Waals surface area contributed by atoms with E-state index in [0.717, 1.165) is 28.8 Å². The summed E-state index contributed by atoms with van der Waals surface area (Å²) in [4.78, 5) is 2.06. The van der Waals surface area contributed by atoms with Crippen molar-refractivity contribution in [2.75, 3.05) is 30.9 Å². The second kappa shape index (κ2) is 8.89. The summed E-state index contributed by atoms with van der Waals surface area (Å²) >= 11 is 1.69. The molecule has 0 bridgehead atoms. The third kappa shape index (κ3) is 4.08. The van der Waals surface area contributed by atoms with Crippen molar-refractivity contribution in [3.8, 4) is 11.5 Å². The molecule has 2 aromatic rings. The van der Waals surface area contributed by atoms with Crippen LogP contribution in [0.4, 0.5) is 14.5 Å². The number of halogens is 3. The normalized spacial score (nSPS) is 21.1. The summed E-state index contributed by atoms with van der Waals surface area (Å²) in [5.74, 6) is 1.76. The highest BCUT2D eigenvalue weighted by Gasteiger charge is 2.53. The monoisotopic (exact) mass is 486 g/mol. The van der Waals surface area contributed by atoms with E-state index in [9.17, 15) is 13.9 Å². The highest BCUT2D eigenvalue weighted by molar-refractivity contribution is 8.13. The van der Waals surface area contributed by atoms with Crippen LogP contribution in [0.25, 0.3) is 0 Å². The molecule has 0 radical (unpaired) electrons. The molecule has 2 aliphatic heterocycles. The summed E-state index contributed by atoms with van der Waals surface area (Å²) in [5, 5.41) is 12.6. The Morgan fingerprint density at radius 1 is 1.17 bits per heavy atom. The first-order chi connectivity index (χ1) is 13.5. The number of nitrogens with zero attached hydrogens (tertiary/aromatic N) is 2. The Hall–Kier alpha value is -1.84. The Morgan fingerprint density at radius 3 is 2.59 bits per heavy atom. The van der Waals surface area contributed by atoms with Gasteiger partial charge in [0.2, 0.25) is 0 Å². The second-order valence-corrected chi connectivity index (χ2v) is 7.68. The summed E-state index contributed by atoms with van der Waals surface area (Å²) in [6, 6.07) is 13.9. The van der Waals surface area contributed by atoms with Gasteiger partial charge in [-0.3, -0.25) is 0 Å². The molecule has 2 aliphatic rings. The summed E-state index contributed by atoms with van der Waals surface area (Å²) < 4.78 is 36.8. The molecule has 0 aliphatic carbocycles. The van der Waals surface area contributed by atoms with E-state index < -0.39 is 12.3 Å². The van der Waals surface area contributed by atoms with Crippen molar-refractivity contribution in [1.82, 2.24) is 0 Å². The average Bonchev–Trinajstić information content (AvgIpc) is 3.02. The van der Waals surface area contributed by atoms with Crippen molar-refractivity contribution in [2.24, 2.45) is 0 Å². The Kier molecular flexibility index (Phi) is 6.70. The minimum Gasteiger partial charge on any atom is -1.00 e. The molecule has 2 heterocycles. The van der Waals surface area contributed by atoms with Crippen molar-refractivity contribution < 1.29 is 44.9 Å². The van der Waals surface area contributed by atoms with Crippen LogP contribution in [0.3, 0.4) is 0 Å². The highest BCUT2D eigenvalue weighted by Crippen LogP contribution is 2.40. The van der Waals surface area contributed by atoms with E-state index in [1.807, 2.05) is 28.8 Å². The van der Waals surface area contributed by atoms with E-state index in [-0.39, 0.29) is 22.7 Å². The highest BCUT2D eigenvalue weighted by atomic mass is 79.9. The lowest BCUT2D eigenvalue weighted by Crippen LogP contribution is -3.00. The molecular formula is C20H21BrF2N2O3S. The van der Waals surface area contributed by atoms with Crippen molar-refractivity contribution in [3.63, 3.8) is 0 Å². The van der Waals surface area contributed by atoms with Gasteiger partial charge in [-0.05, 0) is 54.6 Å². The van der Waals surface area contributed by atoms with Gasteiger partial charge in [-0.15, -0.1) is 0 Å². The van der Waals surface area contributed by atoms with Crippen LogP contribution in [0.1, 0.15) is 12.0 Å². The molecule has 29 heavy (non-hydrogen) atoms. The molecule has 5 nitrogen and oxygen atoms in total. The third-order valence-electron chi connectivity index (χ3n) is 4.96. The zero-order valence-corrected chi connectivity index (χ0v) is 18.1. The molecule has 0 spiro atoms. The molecule has 1 unspecified atom stereocenters. The van der Waals surface area contributed by atoms with Crippen LogP contribution in [0.15, 0.2) is 48.5 Å². The van der Waals surface area contributed by atoms with Crippen molar-refractivity contribution in [1.29, 1.82) is 0 Å². The molecule has 0 aromatic heterocycles. The number of thioether (sulfide) groups is 1. The van der Waals surface area contributed by atoms with E-state index in [4.69, 9.17) is 4.74 Å². The number of benzene rings is 2. The molecule has 4 rings (SSSR count). The number of rotatable bonds is 5. The fourth-order valence-electron chi connectivity index (χ4n) is 3.69. The molecular weight excluding hydrogens is 466 g/mol. The van der Waals surface area contributed by atoms with Crippen LogP contribution in [0, 0.1) is 0 Å². The predicted molar refractivity (Wildman–Crippen MR) is 105 cm³/mol. The maximum Gasteiger partial charge on any atom is 0.387 e. The van der Waals surface area contributed by atoms with Crippen LogP contribution < -0.4 is 31.4 Å². The van der Waals surface area contributed by atoms with E-state index in [1.54, 1.807) is 31.0 Å². The van der Waals surface area contributed by atoms with Crippen molar-refractivity contribution in [3.05, 3.63) is 54.1 Å². The number of methoxy groups -OCH3 is 1. The number of hydrogen-bond acceptors (Lipinski definition) is 5. The average molecular weight is 487 g/mol. The van der Waals surface area contributed by atoms with Gasteiger partial charge in [0.05, 0.1) is 13.7 Å². The summed E-state index contributed by atoms with van der Waals surface area (Å²) in [6.45, 7) is -1.86. The lowest BCUT2D eigenvalue weighted by molar-refractivity contribution is -0.656. The molecule has 0 saturated heterocycles. The molecule has 1 atom stereocenters. The van der Waals surface area contributed by atoms with Crippen LogP contribution in [0.2, 0.25) is 0 Å². The smallest absolute Gasteiger partial charge is 0.387 e. The van der Waals surface area contributed by atoms with E-state index in [1.165, 1.54) is 12.1 Å². The number of ether oxygens (including phenoxy) is 2. The summed E-state index contributed by atoms with van der Waals surface area (Å²) in [7, 11) is 1.62. The molecule has 0 amide bonds. The molecule has 2 aromatic carbocycles. The van der Waals surface area contributed by atoms with E-state index in [2.05, 4.69) is 9.64 Å². The Labute approximate surface area is 182 Å². The van der Waals surface area contributed by atoms with Gasteiger partial charge >= 0.3 is 11.8 Å². The molecule has 9 heteroatoms. The number of β-amino-alcohol motifs (C(OH)–C–C–N with tert-alkyl or cyclic N) is 1. The minimum absolute atomic E-state index is 0. The summed E-state index contributed by atoms with van der Waals surface area (Å²) in [5.41, 5.74) is 0.243. The fourth-order valence-corrected chi connectivity index (χ4v) is 4.86. The van der Waals surface area contributed by atoms with Gasteiger partial charge in [-0.1, -0.05) is 12.1 Å². The van der Waals surface area contributed by atoms with Crippen LogP contribution >= 0.6 is 11.8 Å². The zero-order valence-electron chi connectivity index (χ0n) is 15.7. The van der Waals surface area contributed by atoms with E-state index in [0.29, 0.717) is 18.7 Å². The van der Waals surface area contributed by atoms with Gasteiger partial charge in [0.1, 0.15) is 5.75 Å². The Morgan fingerprint density at radius 2 is 1.90 bits per heavy atom. The number of alkyl halides is 2. The Balaban J connectivity index is 0.00000240. The van der Waals surface area contributed by atoms with Crippen molar-refractivity contribution >= 4 is 22.6 Å². The number of hydrogen-bond donors (Lipinski definition) is 1. The first-order valence-corrected chi connectivity index (χ1v) is 9.97. The maximum absolute atomic E-state index is 12.4. The quantitative estimate of drug-likeness (QED) is 0.622. The lowest BCUT2D eigenvalue weighted by Gasteiger charge is -2.24. The molecule has 0 fully saturated rings. The van der Waals surface area contributed by atoms with Crippen molar-refractivity contribution in [2.45, 2.75) is 18.8 Å². The lowest BCUT2D eigenvalue weighted by atomic mass is 10.0. The SMILES string of the molecule is COc1ccccc1N1CC(O)(c2ccc(OC(F)F)cc2)[N+]2=C1SCCC2.[Br-]. The number of anilines is 1. The summed E-state index contributed by atoms with van der Waals surface area (Å²) in [6.07, 6.45) is 0.947. The van der Waals surface area contributed by atoms with Crippen LogP contribution in [-0.2, 0) is 5.72 Å². The van der Waals surface area contributed by atoms with Gasteiger partial charge in [0, 0.05) is 11.3 Å². The molecule has 0 saturated carbocycles. The number of para-hydroxylation sites is 2. The number of aliphatic hydroxyl groups is 1. The van der Waals surface area contributed by atoms with Gasteiger partial charge in [0.25, 0.3) is 5.72 Å².